The van der Waals surface area contributed by atoms with Gasteiger partial charge in [0, 0.05) is 20.2 Å². The van der Waals surface area contributed by atoms with Gasteiger partial charge in [0.15, 0.2) is 0 Å². The van der Waals surface area contributed by atoms with E-state index in [1.807, 2.05) is 0 Å². The summed E-state index contributed by atoms with van der Waals surface area (Å²) >= 11 is 6.04. The highest BCUT2D eigenvalue weighted by molar-refractivity contribution is 7.89. The molecule has 1 saturated carbocycles. The Morgan fingerprint density at radius 1 is 1.38 bits per heavy atom. The van der Waals surface area contributed by atoms with E-state index in [2.05, 4.69) is 10.0 Å². The van der Waals surface area contributed by atoms with Gasteiger partial charge < -0.3 is 10.1 Å². The van der Waals surface area contributed by atoms with Crippen LogP contribution in [0.15, 0.2) is 23.1 Å². The molecule has 118 valence electrons. The van der Waals surface area contributed by atoms with Crippen LogP contribution in [0.1, 0.15) is 24.8 Å². The molecule has 2 rings (SSSR count). The SMILES string of the molecule is CNCc1ccc(Cl)c(S(=O)(=O)NCC2(OC)CCC2)c1. The van der Waals surface area contributed by atoms with E-state index in [-0.39, 0.29) is 22.1 Å². The zero-order valence-electron chi connectivity index (χ0n) is 12.3. The molecule has 21 heavy (non-hydrogen) atoms. The Bertz CT molecular complexity index is 595. The predicted molar refractivity (Wildman–Crippen MR) is 83.0 cm³/mol. The van der Waals surface area contributed by atoms with E-state index in [9.17, 15) is 8.42 Å². The first kappa shape index (κ1) is 16.7. The maximum atomic E-state index is 12.4. The lowest BCUT2D eigenvalue weighted by atomic mass is 9.80. The number of methoxy groups -OCH3 is 1. The van der Waals surface area contributed by atoms with E-state index in [0.29, 0.717) is 6.54 Å². The molecule has 0 amide bonds. The molecule has 0 radical (unpaired) electrons. The number of hydrogen-bond donors (Lipinski definition) is 2. The zero-order valence-corrected chi connectivity index (χ0v) is 13.9. The van der Waals surface area contributed by atoms with E-state index in [0.717, 1.165) is 24.8 Å². The van der Waals surface area contributed by atoms with Crippen molar-refractivity contribution in [3.8, 4) is 0 Å². The largest absolute Gasteiger partial charge is 0.377 e. The Balaban J connectivity index is 2.17. The summed E-state index contributed by atoms with van der Waals surface area (Å²) in [5.74, 6) is 0. The lowest BCUT2D eigenvalue weighted by Gasteiger charge is -2.40. The highest BCUT2D eigenvalue weighted by Gasteiger charge is 2.38. The van der Waals surface area contributed by atoms with Crippen LogP contribution in [0.4, 0.5) is 0 Å². The van der Waals surface area contributed by atoms with Crippen LogP contribution in [0, 0.1) is 0 Å². The van der Waals surface area contributed by atoms with Gasteiger partial charge in [-0.05, 0) is 44.0 Å². The van der Waals surface area contributed by atoms with E-state index < -0.39 is 10.0 Å². The molecule has 0 spiro atoms. The predicted octanol–water partition coefficient (Wildman–Crippen LogP) is 1.91. The van der Waals surface area contributed by atoms with Crippen molar-refractivity contribution in [1.82, 2.24) is 10.0 Å². The van der Waals surface area contributed by atoms with Crippen molar-refractivity contribution in [3.63, 3.8) is 0 Å². The highest BCUT2D eigenvalue weighted by atomic mass is 35.5. The van der Waals surface area contributed by atoms with Gasteiger partial charge in [0.2, 0.25) is 10.0 Å². The summed E-state index contributed by atoms with van der Waals surface area (Å²) in [7, 11) is -0.216. The maximum absolute atomic E-state index is 12.4. The molecule has 0 aromatic heterocycles. The molecule has 0 heterocycles. The fourth-order valence-corrected chi connectivity index (χ4v) is 4.06. The minimum Gasteiger partial charge on any atom is -0.377 e. The highest BCUT2D eigenvalue weighted by Crippen LogP contribution is 2.34. The minimum atomic E-state index is -3.64. The number of ether oxygens (including phenoxy) is 1. The first-order chi connectivity index (χ1) is 9.92. The van der Waals surface area contributed by atoms with Gasteiger partial charge in [-0.2, -0.15) is 0 Å². The third kappa shape index (κ3) is 3.76. The molecule has 5 nitrogen and oxygen atoms in total. The second-order valence-electron chi connectivity index (χ2n) is 5.36. The molecule has 7 heteroatoms. The van der Waals surface area contributed by atoms with Crippen molar-refractivity contribution in [2.24, 2.45) is 0 Å². The van der Waals surface area contributed by atoms with E-state index in [1.165, 1.54) is 0 Å². The molecule has 1 aromatic carbocycles. The Hall–Kier alpha value is -0.660. The van der Waals surface area contributed by atoms with Gasteiger partial charge in [-0.15, -0.1) is 0 Å². The first-order valence-corrected chi connectivity index (χ1v) is 8.76. The van der Waals surface area contributed by atoms with E-state index in [1.54, 1.807) is 32.4 Å². The molecule has 1 aromatic rings. The van der Waals surface area contributed by atoms with E-state index in [4.69, 9.17) is 16.3 Å². The smallest absolute Gasteiger partial charge is 0.242 e. The van der Waals surface area contributed by atoms with Crippen LogP contribution in [0.25, 0.3) is 0 Å². The number of nitrogens with one attached hydrogen (secondary N) is 2. The van der Waals surface area contributed by atoms with Crippen LogP contribution < -0.4 is 10.0 Å². The lowest BCUT2D eigenvalue weighted by molar-refractivity contribution is -0.0659. The van der Waals surface area contributed by atoms with Crippen molar-refractivity contribution < 1.29 is 13.2 Å². The standard InChI is InChI=1S/C14H21ClN2O3S/c1-16-9-11-4-5-12(15)13(8-11)21(18,19)17-10-14(20-2)6-3-7-14/h4-5,8,16-17H,3,6-7,9-10H2,1-2H3. The maximum Gasteiger partial charge on any atom is 0.242 e. The Morgan fingerprint density at radius 2 is 2.10 bits per heavy atom. The summed E-state index contributed by atoms with van der Waals surface area (Å²) in [4.78, 5) is 0.113. The Morgan fingerprint density at radius 3 is 2.62 bits per heavy atom. The lowest BCUT2D eigenvalue weighted by Crippen LogP contribution is -2.49. The normalized spacial score (nSPS) is 17.5. The van der Waals surface area contributed by atoms with Gasteiger partial charge >= 0.3 is 0 Å². The van der Waals surface area contributed by atoms with Crippen molar-refractivity contribution in [2.45, 2.75) is 36.3 Å². The van der Waals surface area contributed by atoms with Gasteiger partial charge in [0.05, 0.1) is 10.6 Å². The number of halogens is 1. The second kappa shape index (κ2) is 6.62. The fraction of sp³-hybridized carbons (Fsp3) is 0.571. The molecular weight excluding hydrogens is 312 g/mol. The quantitative estimate of drug-likeness (QED) is 0.800. The second-order valence-corrected chi connectivity index (χ2v) is 7.50. The van der Waals surface area contributed by atoms with Gasteiger partial charge in [0.1, 0.15) is 4.90 Å². The topological polar surface area (TPSA) is 67.4 Å². The monoisotopic (exact) mass is 332 g/mol. The molecule has 1 aliphatic rings. The van der Waals surface area contributed by atoms with Gasteiger partial charge in [-0.1, -0.05) is 17.7 Å². The van der Waals surface area contributed by atoms with Crippen molar-refractivity contribution >= 4 is 21.6 Å². The summed E-state index contributed by atoms with van der Waals surface area (Å²) in [6.45, 7) is 0.861. The third-order valence-electron chi connectivity index (χ3n) is 3.95. The fourth-order valence-electron chi connectivity index (χ4n) is 2.40. The molecule has 1 aliphatic carbocycles. The summed E-state index contributed by atoms with van der Waals surface area (Å²) < 4.78 is 32.9. The Labute approximate surface area is 131 Å². The zero-order chi connectivity index (χ0) is 15.5. The van der Waals surface area contributed by atoms with Gasteiger partial charge in [-0.3, -0.25) is 0 Å². The number of hydrogen-bond acceptors (Lipinski definition) is 4. The van der Waals surface area contributed by atoms with Crippen LogP contribution >= 0.6 is 11.6 Å². The summed E-state index contributed by atoms with van der Waals surface area (Å²) in [6, 6.07) is 5.01. The number of sulfonamides is 1. The summed E-state index contributed by atoms with van der Waals surface area (Å²) in [6.07, 6.45) is 2.81. The van der Waals surface area contributed by atoms with Crippen LogP contribution in [-0.2, 0) is 21.3 Å². The minimum absolute atomic E-state index is 0.113. The molecular formula is C14H21ClN2O3S. The molecule has 0 unspecified atom stereocenters. The van der Waals surface area contributed by atoms with Crippen molar-refractivity contribution in [1.29, 1.82) is 0 Å². The average molecular weight is 333 g/mol. The summed E-state index contributed by atoms with van der Waals surface area (Å²) in [5, 5.41) is 3.21. The third-order valence-corrected chi connectivity index (χ3v) is 5.83. The van der Waals surface area contributed by atoms with E-state index >= 15 is 0 Å². The number of benzene rings is 1. The summed E-state index contributed by atoms with van der Waals surface area (Å²) in [5.41, 5.74) is 0.509. The van der Waals surface area contributed by atoms with Gasteiger partial charge in [-0.25, -0.2) is 13.1 Å². The molecule has 0 bridgehead atoms. The van der Waals surface area contributed by atoms with Crippen molar-refractivity contribution in [3.05, 3.63) is 28.8 Å². The molecule has 0 atom stereocenters. The number of rotatable bonds is 7. The van der Waals surface area contributed by atoms with Crippen LogP contribution in [-0.4, -0.2) is 34.7 Å². The van der Waals surface area contributed by atoms with Crippen LogP contribution in [0.3, 0.4) is 0 Å². The molecule has 0 aliphatic heterocycles. The average Bonchev–Trinajstić information content (AvgIpc) is 2.40. The van der Waals surface area contributed by atoms with Crippen LogP contribution in [0.5, 0.6) is 0 Å². The first-order valence-electron chi connectivity index (χ1n) is 6.90. The molecule has 1 fully saturated rings. The Kier molecular flexibility index (Phi) is 5.27. The van der Waals surface area contributed by atoms with Crippen molar-refractivity contribution in [2.75, 3.05) is 20.7 Å². The molecule has 0 saturated heterocycles. The van der Waals surface area contributed by atoms with Crippen LogP contribution in [0.2, 0.25) is 5.02 Å². The molecule has 2 N–H and O–H groups in total. The van der Waals surface area contributed by atoms with Gasteiger partial charge in [0.25, 0.3) is 0 Å².